The highest BCUT2D eigenvalue weighted by Crippen LogP contribution is 2.35. The number of methoxy groups -OCH3 is 1. The lowest BCUT2D eigenvalue weighted by Crippen LogP contribution is -2.34. The number of nitrogens with one attached hydrogen (secondary N) is 1. The van der Waals surface area contributed by atoms with Gasteiger partial charge in [0, 0.05) is 18.7 Å². The SMILES string of the molecule is COc1ccc(-c2noc(-c3c(SC)nn(CC(=O)NCC4CCCO4)c3N)n2)cc1. The van der Waals surface area contributed by atoms with E-state index >= 15 is 0 Å². The van der Waals surface area contributed by atoms with Gasteiger partial charge in [0.15, 0.2) is 0 Å². The summed E-state index contributed by atoms with van der Waals surface area (Å²) in [6, 6.07) is 7.32. The Labute approximate surface area is 183 Å². The summed E-state index contributed by atoms with van der Waals surface area (Å²) < 4.78 is 17.6. The maximum absolute atomic E-state index is 12.4. The van der Waals surface area contributed by atoms with Crippen LogP contribution in [0, 0.1) is 0 Å². The average Bonchev–Trinajstić information content (AvgIpc) is 3.53. The number of carbonyl (C=O) groups is 1. The van der Waals surface area contributed by atoms with E-state index in [1.54, 1.807) is 7.11 Å². The summed E-state index contributed by atoms with van der Waals surface area (Å²) >= 11 is 1.39. The molecule has 31 heavy (non-hydrogen) atoms. The molecule has 1 saturated heterocycles. The van der Waals surface area contributed by atoms with Crippen molar-refractivity contribution in [3.63, 3.8) is 0 Å². The van der Waals surface area contributed by atoms with Crippen LogP contribution in [0.2, 0.25) is 0 Å². The van der Waals surface area contributed by atoms with Crippen molar-refractivity contribution in [1.29, 1.82) is 0 Å². The van der Waals surface area contributed by atoms with E-state index in [9.17, 15) is 4.79 Å². The summed E-state index contributed by atoms with van der Waals surface area (Å²) in [6.07, 6.45) is 3.92. The molecule has 1 unspecified atom stereocenters. The lowest BCUT2D eigenvalue weighted by Gasteiger charge is -2.11. The molecule has 0 radical (unpaired) electrons. The molecule has 1 atom stereocenters. The van der Waals surface area contributed by atoms with Crippen LogP contribution in [0.5, 0.6) is 5.75 Å². The van der Waals surface area contributed by atoms with E-state index in [-0.39, 0.29) is 24.4 Å². The zero-order valence-corrected chi connectivity index (χ0v) is 18.1. The van der Waals surface area contributed by atoms with Gasteiger partial charge in [-0.15, -0.1) is 11.8 Å². The molecule has 1 fully saturated rings. The normalized spacial score (nSPS) is 15.9. The maximum atomic E-state index is 12.4. The molecule has 0 saturated carbocycles. The van der Waals surface area contributed by atoms with Crippen molar-refractivity contribution >= 4 is 23.5 Å². The number of thioether (sulfide) groups is 1. The van der Waals surface area contributed by atoms with E-state index in [1.807, 2.05) is 30.5 Å². The highest BCUT2D eigenvalue weighted by Gasteiger charge is 2.24. The molecular weight excluding hydrogens is 420 g/mol. The third kappa shape index (κ3) is 4.67. The van der Waals surface area contributed by atoms with Gasteiger partial charge in [-0.05, 0) is 43.4 Å². The molecular formula is C20H24N6O4S. The third-order valence-electron chi connectivity index (χ3n) is 4.99. The molecule has 4 rings (SSSR count). The van der Waals surface area contributed by atoms with Crippen molar-refractivity contribution in [2.75, 3.05) is 32.3 Å². The lowest BCUT2D eigenvalue weighted by atomic mass is 10.2. The molecule has 0 aliphatic carbocycles. The second kappa shape index (κ2) is 9.40. The summed E-state index contributed by atoms with van der Waals surface area (Å²) in [6.45, 7) is 1.22. The van der Waals surface area contributed by atoms with Crippen LogP contribution in [0.3, 0.4) is 0 Å². The monoisotopic (exact) mass is 444 g/mol. The first-order chi connectivity index (χ1) is 15.1. The van der Waals surface area contributed by atoms with Crippen LogP contribution in [0.15, 0.2) is 33.8 Å². The van der Waals surface area contributed by atoms with Crippen molar-refractivity contribution < 1.29 is 18.8 Å². The van der Waals surface area contributed by atoms with Gasteiger partial charge in [-0.25, -0.2) is 4.68 Å². The number of nitrogens with two attached hydrogens (primary N) is 1. The Morgan fingerprint density at radius 3 is 2.87 bits per heavy atom. The van der Waals surface area contributed by atoms with Gasteiger partial charge in [-0.2, -0.15) is 10.1 Å². The van der Waals surface area contributed by atoms with Crippen LogP contribution < -0.4 is 15.8 Å². The summed E-state index contributed by atoms with van der Waals surface area (Å²) in [4.78, 5) is 16.8. The van der Waals surface area contributed by atoms with Gasteiger partial charge in [0.25, 0.3) is 5.89 Å². The number of benzene rings is 1. The largest absolute Gasteiger partial charge is 0.497 e. The predicted molar refractivity (Wildman–Crippen MR) is 116 cm³/mol. The summed E-state index contributed by atoms with van der Waals surface area (Å²) in [5.74, 6) is 1.51. The third-order valence-corrected chi connectivity index (χ3v) is 5.66. The molecule has 10 nitrogen and oxygen atoms in total. The first-order valence-corrected chi connectivity index (χ1v) is 11.1. The molecule has 1 aliphatic rings. The van der Waals surface area contributed by atoms with Crippen molar-refractivity contribution in [3.8, 4) is 28.6 Å². The topological polar surface area (TPSA) is 130 Å². The number of amides is 1. The Kier molecular flexibility index (Phi) is 6.42. The van der Waals surface area contributed by atoms with Crippen LogP contribution >= 0.6 is 11.8 Å². The van der Waals surface area contributed by atoms with Crippen molar-refractivity contribution in [3.05, 3.63) is 24.3 Å². The Morgan fingerprint density at radius 2 is 2.19 bits per heavy atom. The molecule has 1 amide bonds. The minimum absolute atomic E-state index is 0.00835. The predicted octanol–water partition coefficient (Wildman–Crippen LogP) is 2.21. The Balaban J connectivity index is 1.51. The second-order valence-electron chi connectivity index (χ2n) is 7.02. The summed E-state index contributed by atoms with van der Waals surface area (Å²) in [5.41, 5.74) is 7.60. The zero-order chi connectivity index (χ0) is 21.8. The highest BCUT2D eigenvalue weighted by molar-refractivity contribution is 7.98. The maximum Gasteiger partial charge on any atom is 0.264 e. The second-order valence-corrected chi connectivity index (χ2v) is 7.81. The molecule has 0 spiro atoms. The standard InChI is InChI=1S/C20H24N6O4S/c1-28-13-7-5-12(6-8-13)18-23-19(30-25-18)16-17(21)26(24-20(16)31-2)11-15(27)22-10-14-4-3-9-29-14/h5-8,14H,3-4,9-11,21H2,1-2H3,(H,22,27). The molecule has 164 valence electrons. The number of nitrogens with zero attached hydrogens (tertiary/aromatic N) is 4. The fourth-order valence-electron chi connectivity index (χ4n) is 3.32. The van der Waals surface area contributed by atoms with E-state index < -0.39 is 0 Å². The van der Waals surface area contributed by atoms with Crippen LogP contribution in [0.25, 0.3) is 22.8 Å². The highest BCUT2D eigenvalue weighted by atomic mass is 32.2. The van der Waals surface area contributed by atoms with Crippen LogP contribution in [-0.4, -0.2) is 58.4 Å². The molecule has 3 aromatic rings. The van der Waals surface area contributed by atoms with Crippen LogP contribution in [-0.2, 0) is 16.1 Å². The number of carbonyl (C=O) groups excluding carboxylic acids is 1. The lowest BCUT2D eigenvalue weighted by molar-refractivity contribution is -0.122. The zero-order valence-electron chi connectivity index (χ0n) is 17.3. The molecule has 0 bridgehead atoms. The molecule has 1 aromatic carbocycles. The van der Waals surface area contributed by atoms with Gasteiger partial charge >= 0.3 is 0 Å². The molecule has 3 N–H and O–H groups in total. The van der Waals surface area contributed by atoms with Gasteiger partial charge in [-0.3, -0.25) is 4.79 Å². The van der Waals surface area contributed by atoms with E-state index in [0.29, 0.717) is 28.8 Å². The number of nitrogen functional groups attached to an aromatic ring is 1. The van der Waals surface area contributed by atoms with Gasteiger partial charge in [0.2, 0.25) is 11.7 Å². The van der Waals surface area contributed by atoms with Gasteiger partial charge in [0.1, 0.15) is 28.7 Å². The van der Waals surface area contributed by atoms with Crippen molar-refractivity contribution in [2.45, 2.75) is 30.5 Å². The number of aromatic nitrogens is 4. The molecule has 3 heterocycles. The Hall–Kier alpha value is -3.05. The van der Waals surface area contributed by atoms with E-state index in [1.165, 1.54) is 16.4 Å². The first-order valence-electron chi connectivity index (χ1n) is 9.86. The molecule has 11 heteroatoms. The fraction of sp³-hybridized carbons (Fsp3) is 0.400. The quantitative estimate of drug-likeness (QED) is 0.502. The summed E-state index contributed by atoms with van der Waals surface area (Å²) in [7, 11) is 1.61. The van der Waals surface area contributed by atoms with Gasteiger partial charge in [-0.1, -0.05) is 5.16 Å². The summed E-state index contributed by atoms with van der Waals surface area (Å²) in [5, 5.41) is 12.0. The molecule has 2 aromatic heterocycles. The smallest absolute Gasteiger partial charge is 0.264 e. The average molecular weight is 445 g/mol. The van der Waals surface area contributed by atoms with Gasteiger partial charge in [0.05, 0.1) is 13.2 Å². The van der Waals surface area contributed by atoms with Crippen molar-refractivity contribution in [1.82, 2.24) is 25.2 Å². The molecule has 1 aliphatic heterocycles. The minimum Gasteiger partial charge on any atom is -0.497 e. The van der Waals surface area contributed by atoms with E-state index in [2.05, 4.69) is 20.6 Å². The fourth-order valence-corrected chi connectivity index (χ4v) is 3.90. The number of anilines is 1. The van der Waals surface area contributed by atoms with Crippen LogP contribution in [0.1, 0.15) is 12.8 Å². The van der Waals surface area contributed by atoms with Crippen LogP contribution in [0.4, 0.5) is 5.82 Å². The number of ether oxygens (including phenoxy) is 2. The minimum atomic E-state index is -0.187. The first kappa shape index (κ1) is 21.2. The van der Waals surface area contributed by atoms with E-state index in [0.717, 1.165) is 30.8 Å². The van der Waals surface area contributed by atoms with Crippen molar-refractivity contribution in [2.24, 2.45) is 0 Å². The van der Waals surface area contributed by atoms with Gasteiger partial charge < -0.3 is 25.0 Å². The Bertz CT molecular complexity index is 1040. The number of hydrogen-bond donors (Lipinski definition) is 2. The number of hydrogen-bond acceptors (Lipinski definition) is 9. The number of rotatable bonds is 8. The Morgan fingerprint density at radius 1 is 1.39 bits per heavy atom. The van der Waals surface area contributed by atoms with E-state index in [4.69, 9.17) is 19.7 Å².